The van der Waals surface area contributed by atoms with Crippen LogP contribution in [-0.2, 0) is 11.2 Å². The van der Waals surface area contributed by atoms with Crippen molar-refractivity contribution in [3.63, 3.8) is 0 Å². The van der Waals surface area contributed by atoms with Crippen LogP contribution >= 0.6 is 0 Å². The van der Waals surface area contributed by atoms with Crippen molar-refractivity contribution in [2.45, 2.75) is 12.8 Å². The SMILES string of the molecule is NC(=O)C(N)=C(CCc1ccccc1)c1ccc(O)c(O)c1. The third kappa shape index (κ3) is 3.58. The second-order valence-corrected chi connectivity index (χ2v) is 4.95. The van der Waals surface area contributed by atoms with Gasteiger partial charge in [0.25, 0.3) is 5.91 Å². The number of carbonyl (C=O) groups is 1. The van der Waals surface area contributed by atoms with E-state index in [1.807, 2.05) is 30.3 Å². The molecule has 0 aliphatic heterocycles. The number of rotatable bonds is 5. The van der Waals surface area contributed by atoms with E-state index in [-0.39, 0.29) is 17.2 Å². The number of phenols is 2. The topological polar surface area (TPSA) is 110 Å². The Kier molecular flexibility index (Phi) is 4.68. The maximum Gasteiger partial charge on any atom is 0.264 e. The van der Waals surface area contributed by atoms with Crippen LogP contribution in [0.25, 0.3) is 5.57 Å². The molecule has 0 radical (unpaired) electrons. The van der Waals surface area contributed by atoms with Crippen LogP contribution in [-0.4, -0.2) is 16.1 Å². The summed E-state index contributed by atoms with van der Waals surface area (Å²) >= 11 is 0. The van der Waals surface area contributed by atoms with Crippen LogP contribution in [0, 0.1) is 0 Å². The highest BCUT2D eigenvalue weighted by atomic mass is 16.3. The van der Waals surface area contributed by atoms with Gasteiger partial charge in [-0.3, -0.25) is 4.79 Å². The fourth-order valence-corrected chi connectivity index (χ4v) is 2.21. The molecule has 0 saturated heterocycles. The molecule has 0 aliphatic rings. The number of aryl methyl sites for hydroxylation is 1. The van der Waals surface area contributed by atoms with E-state index in [4.69, 9.17) is 11.5 Å². The number of primary amides is 1. The highest BCUT2D eigenvalue weighted by Gasteiger charge is 2.13. The molecule has 5 nitrogen and oxygen atoms in total. The molecule has 0 aromatic heterocycles. The number of benzene rings is 2. The molecular weight excluding hydrogens is 280 g/mol. The lowest BCUT2D eigenvalue weighted by Gasteiger charge is -2.12. The van der Waals surface area contributed by atoms with Gasteiger partial charge in [-0.05, 0) is 41.7 Å². The van der Waals surface area contributed by atoms with Gasteiger partial charge in [-0.25, -0.2) is 0 Å². The second-order valence-electron chi connectivity index (χ2n) is 4.95. The number of nitrogens with two attached hydrogens (primary N) is 2. The van der Waals surface area contributed by atoms with E-state index in [0.717, 1.165) is 5.56 Å². The summed E-state index contributed by atoms with van der Waals surface area (Å²) in [5.74, 6) is -1.22. The summed E-state index contributed by atoms with van der Waals surface area (Å²) in [5, 5.41) is 19.0. The smallest absolute Gasteiger partial charge is 0.264 e. The molecule has 0 saturated carbocycles. The minimum atomic E-state index is -0.712. The molecule has 22 heavy (non-hydrogen) atoms. The van der Waals surface area contributed by atoms with Gasteiger partial charge >= 0.3 is 0 Å². The fraction of sp³-hybridized carbons (Fsp3) is 0.118. The van der Waals surface area contributed by atoms with Gasteiger partial charge in [0.2, 0.25) is 0 Å². The lowest BCUT2D eigenvalue weighted by Crippen LogP contribution is -2.22. The summed E-state index contributed by atoms with van der Waals surface area (Å²) in [6, 6.07) is 14.1. The molecule has 2 aromatic rings. The minimum Gasteiger partial charge on any atom is -0.504 e. The van der Waals surface area contributed by atoms with Crippen molar-refractivity contribution in [1.29, 1.82) is 0 Å². The molecule has 114 valence electrons. The van der Waals surface area contributed by atoms with E-state index in [1.165, 1.54) is 12.1 Å². The first-order chi connectivity index (χ1) is 10.5. The third-order valence-electron chi connectivity index (χ3n) is 3.42. The van der Waals surface area contributed by atoms with Crippen LogP contribution < -0.4 is 11.5 Å². The van der Waals surface area contributed by atoms with Crippen LogP contribution in [0.5, 0.6) is 11.5 Å². The van der Waals surface area contributed by atoms with E-state index in [2.05, 4.69) is 0 Å². The minimum absolute atomic E-state index is 0.0407. The highest BCUT2D eigenvalue weighted by molar-refractivity contribution is 5.99. The molecule has 0 fully saturated rings. The van der Waals surface area contributed by atoms with Gasteiger partial charge in [-0.15, -0.1) is 0 Å². The Morgan fingerprint density at radius 2 is 1.64 bits per heavy atom. The van der Waals surface area contributed by atoms with Crippen molar-refractivity contribution in [2.24, 2.45) is 11.5 Å². The summed E-state index contributed by atoms with van der Waals surface area (Å²) in [5.41, 5.74) is 13.2. The van der Waals surface area contributed by atoms with Crippen molar-refractivity contribution in [1.82, 2.24) is 0 Å². The molecule has 0 bridgehead atoms. The van der Waals surface area contributed by atoms with Crippen molar-refractivity contribution in [2.75, 3.05) is 0 Å². The predicted octanol–water partition coefficient (Wildman–Crippen LogP) is 1.89. The van der Waals surface area contributed by atoms with E-state index in [0.29, 0.717) is 24.0 Å². The van der Waals surface area contributed by atoms with Gasteiger partial charge in [0.05, 0.1) is 0 Å². The first-order valence-electron chi connectivity index (χ1n) is 6.83. The number of carbonyl (C=O) groups excluding carboxylic acids is 1. The zero-order valence-corrected chi connectivity index (χ0v) is 12.0. The lowest BCUT2D eigenvalue weighted by molar-refractivity contribution is -0.114. The van der Waals surface area contributed by atoms with Gasteiger partial charge in [-0.2, -0.15) is 0 Å². The van der Waals surface area contributed by atoms with Crippen molar-refractivity contribution < 1.29 is 15.0 Å². The number of phenolic OH excluding ortho intramolecular Hbond substituents is 2. The summed E-state index contributed by atoms with van der Waals surface area (Å²) in [7, 11) is 0. The fourth-order valence-electron chi connectivity index (χ4n) is 2.21. The van der Waals surface area contributed by atoms with Gasteiger partial charge in [0, 0.05) is 0 Å². The molecule has 0 atom stereocenters. The summed E-state index contributed by atoms with van der Waals surface area (Å²) < 4.78 is 0. The van der Waals surface area contributed by atoms with Crippen LogP contribution in [0.15, 0.2) is 54.2 Å². The van der Waals surface area contributed by atoms with E-state index < -0.39 is 5.91 Å². The molecule has 5 heteroatoms. The first-order valence-corrected chi connectivity index (χ1v) is 6.83. The van der Waals surface area contributed by atoms with Gasteiger partial charge < -0.3 is 21.7 Å². The monoisotopic (exact) mass is 298 g/mol. The summed E-state index contributed by atoms with van der Waals surface area (Å²) in [6.07, 6.45) is 1.16. The number of hydrogen-bond donors (Lipinski definition) is 4. The number of hydrogen-bond acceptors (Lipinski definition) is 4. The maximum atomic E-state index is 11.4. The summed E-state index contributed by atoms with van der Waals surface area (Å²) in [4.78, 5) is 11.4. The first kappa shape index (κ1) is 15.4. The Bertz CT molecular complexity index is 709. The normalized spacial score (nSPS) is 11.8. The maximum absolute atomic E-state index is 11.4. The van der Waals surface area contributed by atoms with Crippen molar-refractivity contribution >= 4 is 11.5 Å². The van der Waals surface area contributed by atoms with E-state index in [9.17, 15) is 15.0 Å². The average molecular weight is 298 g/mol. The standard InChI is InChI=1S/C17H18N2O3/c18-16(17(19)22)13(8-6-11-4-2-1-3-5-11)12-7-9-14(20)15(21)10-12/h1-5,7,9-10,20-21H,6,8,18H2,(H2,19,22). The molecule has 1 amide bonds. The number of allylic oxidation sites excluding steroid dienone is 1. The molecular formula is C17H18N2O3. The van der Waals surface area contributed by atoms with Gasteiger partial charge in [0.15, 0.2) is 11.5 Å². The van der Waals surface area contributed by atoms with E-state index >= 15 is 0 Å². The van der Waals surface area contributed by atoms with Crippen molar-refractivity contribution in [3.05, 3.63) is 65.4 Å². The van der Waals surface area contributed by atoms with Crippen LogP contribution in [0.3, 0.4) is 0 Å². The highest BCUT2D eigenvalue weighted by Crippen LogP contribution is 2.31. The van der Waals surface area contributed by atoms with Gasteiger partial charge in [-0.1, -0.05) is 36.4 Å². The van der Waals surface area contributed by atoms with Gasteiger partial charge in [0.1, 0.15) is 5.70 Å². The molecule has 0 unspecified atom stereocenters. The molecule has 6 N–H and O–H groups in total. The molecule has 2 aromatic carbocycles. The molecule has 0 heterocycles. The quantitative estimate of drug-likeness (QED) is 0.499. The Hall–Kier alpha value is -2.95. The third-order valence-corrected chi connectivity index (χ3v) is 3.42. The largest absolute Gasteiger partial charge is 0.504 e. The summed E-state index contributed by atoms with van der Waals surface area (Å²) in [6.45, 7) is 0. The van der Waals surface area contributed by atoms with E-state index in [1.54, 1.807) is 6.07 Å². The average Bonchev–Trinajstić information content (AvgIpc) is 2.51. The zero-order chi connectivity index (χ0) is 16.1. The number of amides is 1. The zero-order valence-electron chi connectivity index (χ0n) is 12.0. The Balaban J connectivity index is 2.33. The number of aromatic hydroxyl groups is 2. The second kappa shape index (κ2) is 6.67. The van der Waals surface area contributed by atoms with Crippen molar-refractivity contribution in [3.8, 4) is 11.5 Å². The predicted molar refractivity (Wildman–Crippen MR) is 84.8 cm³/mol. The molecule has 0 spiro atoms. The molecule has 2 rings (SSSR count). The lowest BCUT2D eigenvalue weighted by atomic mass is 9.96. The Morgan fingerprint density at radius 1 is 0.955 bits per heavy atom. The molecule has 0 aliphatic carbocycles. The van der Waals surface area contributed by atoms with Crippen LogP contribution in [0.1, 0.15) is 17.5 Å². The van der Waals surface area contributed by atoms with Crippen LogP contribution in [0.2, 0.25) is 0 Å². The Labute approximate surface area is 128 Å². The van der Waals surface area contributed by atoms with Crippen LogP contribution in [0.4, 0.5) is 0 Å². The Morgan fingerprint density at radius 3 is 2.23 bits per heavy atom.